The summed E-state index contributed by atoms with van der Waals surface area (Å²) in [6, 6.07) is 0.206. The first kappa shape index (κ1) is 16.5. The van der Waals surface area contributed by atoms with Crippen LogP contribution in [0.2, 0.25) is 0 Å². The quantitative estimate of drug-likeness (QED) is 0.782. The van der Waals surface area contributed by atoms with Gasteiger partial charge in [0.1, 0.15) is 0 Å². The van der Waals surface area contributed by atoms with Crippen molar-refractivity contribution in [3.8, 4) is 0 Å². The molecule has 0 aliphatic carbocycles. The van der Waals surface area contributed by atoms with E-state index < -0.39 is 0 Å². The van der Waals surface area contributed by atoms with E-state index in [-0.39, 0.29) is 24.4 Å². The molecule has 0 radical (unpaired) electrons. The minimum absolute atomic E-state index is 0. The fraction of sp³-hybridized carbons (Fsp3) is 0.667. The van der Waals surface area contributed by atoms with Crippen LogP contribution in [0.25, 0.3) is 0 Å². The van der Waals surface area contributed by atoms with Crippen molar-refractivity contribution >= 4 is 34.2 Å². The Morgan fingerprint density at radius 1 is 1.53 bits per heavy atom. The predicted molar refractivity (Wildman–Crippen MR) is 81.0 cm³/mol. The van der Waals surface area contributed by atoms with Gasteiger partial charge in [-0.2, -0.15) is 5.10 Å². The third-order valence-corrected chi connectivity index (χ3v) is 3.96. The number of nitrogens with zero attached hydrogens (tertiary/aromatic N) is 1. The molecule has 0 unspecified atom stereocenters. The first-order chi connectivity index (χ1) is 8.59. The summed E-state index contributed by atoms with van der Waals surface area (Å²) in [7, 11) is 0. The molecule has 108 valence electrons. The Balaban J connectivity index is 0.00000180. The number of aromatic nitrogens is 2. The van der Waals surface area contributed by atoms with Gasteiger partial charge in [0.05, 0.1) is 10.2 Å². The second kappa shape index (κ2) is 7.26. The van der Waals surface area contributed by atoms with Gasteiger partial charge in [-0.25, -0.2) is 0 Å². The topological polar surface area (TPSA) is 69.8 Å². The molecular formula is C12H20BrClN4O. The first-order valence-electron chi connectivity index (χ1n) is 6.35. The number of hydrogen-bond acceptors (Lipinski definition) is 3. The molecular weight excluding hydrogens is 332 g/mol. The zero-order valence-electron chi connectivity index (χ0n) is 11.1. The highest BCUT2D eigenvalue weighted by molar-refractivity contribution is 9.10. The van der Waals surface area contributed by atoms with Crippen molar-refractivity contribution in [3.05, 3.63) is 15.9 Å². The number of amides is 1. The molecule has 1 aromatic rings. The average Bonchev–Trinajstić information content (AvgIpc) is 2.72. The number of halogens is 2. The van der Waals surface area contributed by atoms with Gasteiger partial charge in [-0.05, 0) is 41.2 Å². The molecule has 1 aromatic heterocycles. The Morgan fingerprint density at radius 3 is 2.79 bits per heavy atom. The van der Waals surface area contributed by atoms with Gasteiger partial charge >= 0.3 is 0 Å². The van der Waals surface area contributed by atoms with Crippen molar-refractivity contribution in [3.63, 3.8) is 0 Å². The number of H-pyrrole nitrogens is 1. The van der Waals surface area contributed by atoms with Crippen LogP contribution in [0.4, 0.5) is 0 Å². The molecule has 7 heteroatoms. The average molecular weight is 352 g/mol. The van der Waals surface area contributed by atoms with E-state index >= 15 is 0 Å². The third-order valence-electron chi connectivity index (χ3n) is 3.16. The van der Waals surface area contributed by atoms with Crippen LogP contribution in [0.15, 0.2) is 4.47 Å². The van der Waals surface area contributed by atoms with Crippen LogP contribution in [0, 0.1) is 0 Å². The summed E-state index contributed by atoms with van der Waals surface area (Å²) in [4.78, 5) is 12.1. The molecule has 2 heterocycles. The molecule has 5 nitrogen and oxygen atoms in total. The first-order valence-corrected chi connectivity index (χ1v) is 7.14. The summed E-state index contributed by atoms with van der Waals surface area (Å²) in [5.74, 6) is 0.198. The van der Waals surface area contributed by atoms with Crippen molar-refractivity contribution in [2.45, 2.75) is 38.6 Å². The molecule has 19 heavy (non-hydrogen) atoms. The van der Waals surface area contributed by atoms with Crippen LogP contribution in [-0.2, 0) is 0 Å². The summed E-state index contributed by atoms with van der Waals surface area (Å²) >= 11 is 3.45. The van der Waals surface area contributed by atoms with Gasteiger partial charge in [-0.1, -0.05) is 13.8 Å². The van der Waals surface area contributed by atoms with Crippen molar-refractivity contribution in [1.29, 1.82) is 0 Å². The second-order valence-electron chi connectivity index (χ2n) is 4.97. The number of rotatable bonds is 3. The van der Waals surface area contributed by atoms with E-state index in [1.807, 2.05) is 0 Å². The Bertz CT molecular complexity index is 429. The molecule has 2 rings (SSSR count). The van der Waals surface area contributed by atoms with Gasteiger partial charge in [-0.15, -0.1) is 12.4 Å². The van der Waals surface area contributed by atoms with Gasteiger partial charge < -0.3 is 10.6 Å². The molecule has 1 amide bonds. The van der Waals surface area contributed by atoms with Crippen LogP contribution in [0.3, 0.4) is 0 Å². The SMILES string of the molecule is CC(C)c1[nH]nc(C(=O)N[C@H]2CCCNC2)c1Br.Cl. The number of carbonyl (C=O) groups is 1. The molecule has 0 saturated carbocycles. The molecule has 0 aromatic carbocycles. The van der Waals surface area contributed by atoms with Crippen molar-refractivity contribution in [1.82, 2.24) is 20.8 Å². The maximum Gasteiger partial charge on any atom is 0.273 e. The lowest BCUT2D eigenvalue weighted by Gasteiger charge is -2.23. The minimum atomic E-state index is -0.112. The van der Waals surface area contributed by atoms with E-state index in [2.05, 4.69) is 50.6 Å². The van der Waals surface area contributed by atoms with Gasteiger partial charge in [0, 0.05) is 12.6 Å². The Morgan fingerprint density at radius 2 is 2.26 bits per heavy atom. The van der Waals surface area contributed by atoms with Crippen LogP contribution >= 0.6 is 28.3 Å². The number of piperidine rings is 1. The van der Waals surface area contributed by atoms with E-state index in [9.17, 15) is 4.79 Å². The van der Waals surface area contributed by atoms with Crippen LogP contribution in [0.1, 0.15) is 48.8 Å². The van der Waals surface area contributed by atoms with Crippen molar-refractivity contribution in [2.24, 2.45) is 0 Å². The Kier molecular flexibility index (Phi) is 6.29. The fourth-order valence-electron chi connectivity index (χ4n) is 2.10. The molecule has 1 atom stereocenters. The normalized spacial score (nSPS) is 19.1. The number of carbonyl (C=O) groups excluding carboxylic acids is 1. The lowest BCUT2D eigenvalue weighted by atomic mass is 10.1. The lowest BCUT2D eigenvalue weighted by molar-refractivity contribution is 0.0925. The van der Waals surface area contributed by atoms with E-state index in [0.29, 0.717) is 11.6 Å². The molecule has 1 aliphatic rings. The smallest absolute Gasteiger partial charge is 0.273 e. The maximum atomic E-state index is 12.1. The van der Waals surface area contributed by atoms with Gasteiger partial charge in [0.15, 0.2) is 5.69 Å². The molecule has 1 aliphatic heterocycles. The molecule has 3 N–H and O–H groups in total. The van der Waals surface area contributed by atoms with E-state index in [0.717, 1.165) is 36.1 Å². The summed E-state index contributed by atoms with van der Waals surface area (Å²) in [5.41, 5.74) is 1.41. The summed E-state index contributed by atoms with van der Waals surface area (Å²) in [6.45, 7) is 6.00. The van der Waals surface area contributed by atoms with Gasteiger partial charge in [0.2, 0.25) is 0 Å². The lowest BCUT2D eigenvalue weighted by Crippen LogP contribution is -2.45. The van der Waals surface area contributed by atoms with Crippen LogP contribution in [0.5, 0.6) is 0 Å². The molecule has 0 spiro atoms. The van der Waals surface area contributed by atoms with Gasteiger partial charge in [-0.3, -0.25) is 9.89 Å². The largest absolute Gasteiger partial charge is 0.347 e. The highest BCUT2D eigenvalue weighted by Gasteiger charge is 2.22. The number of aromatic amines is 1. The Hall–Kier alpha value is -0.590. The minimum Gasteiger partial charge on any atom is -0.347 e. The van der Waals surface area contributed by atoms with Crippen LogP contribution < -0.4 is 10.6 Å². The van der Waals surface area contributed by atoms with E-state index in [4.69, 9.17) is 0 Å². The zero-order chi connectivity index (χ0) is 13.1. The predicted octanol–water partition coefficient (Wildman–Crippen LogP) is 2.20. The van der Waals surface area contributed by atoms with Crippen molar-refractivity contribution < 1.29 is 4.79 Å². The van der Waals surface area contributed by atoms with E-state index in [1.165, 1.54) is 0 Å². The summed E-state index contributed by atoms with van der Waals surface area (Å²) < 4.78 is 0.777. The highest BCUT2D eigenvalue weighted by Crippen LogP contribution is 2.25. The number of hydrogen-bond donors (Lipinski definition) is 3. The molecule has 1 fully saturated rings. The third kappa shape index (κ3) is 3.94. The zero-order valence-corrected chi connectivity index (χ0v) is 13.5. The Labute approximate surface area is 127 Å². The van der Waals surface area contributed by atoms with Crippen molar-refractivity contribution in [2.75, 3.05) is 13.1 Å². The van der Waals surface area contributed by atoms with Crippen LogP contribution in [-0.4, -0.2) is 35.2 Å². The molecule has 0 bridgehead atoms. The second-order valence-corrected chi connectivity index (χ2v) is 5.76. The summed E-state index contributed by atoms with van der Waals surface area (Å²) in [6.07, 6.45) is 2.13. The fourth-order valence-corrected chi connectivity index (χ4v) is 2.92. The van der Waals surface area contributed by atoms with E-state index in [1.54, 1.807) is 0 Å². The monoisotopic (exact) mass is 350 g/mol. The number of nitrogens with one attached hydrogen (secondary N) is 3. The maximum absolute atomic E-state index is 12.1. The summed E-state index contributed by atoms with van der Waals surface area (Å²) in [5, 5.41) is 13.3. The standard InChI is InChI=1S/C12H19BrN4O.ClH/c1-7(2)10-9(13)11(17-16-10)12(18)15-8-4-3-5-14-6-8;/h7-8,14H,3-6H2,1-2H3,(H,15,18)(H,16,17);1H/t8-;/m0./s1. The molecule has 1 saturated heterocycles. The van der Waals surface area contributed by atoms with Gasteiger partial charge in [0.25, 0.3) is 5.91 Å². The highest BCUT2D eigenvalue weighted by atomic mass is 79.9.